The standard InChI is InChI=1S/C16H20N6O2S/c1-10-6-11(2)12(3)14(7-10)25(23,24)20-15-13(4)21(5)19-16(15)22-8-17-18-9-22/h6-9,20H,1-5H3. The van der Waals surface area contributed by atoms with E-state index in [0.29, 0.717) is 17.2 Å². The van der Waals surface area contributed by atoms with Gasteiger partial charge in [-0.25, -0.2) is 8.42 Å². The largest absolute Gasteiger partial charge is 0.274 e. The number of hydrogen-bond donors (Lipinski definition) is 1. The van der Waals surface area contributed by atoms with Crippen LogP contribution < -0.4 is 4.72 Å². The van der Waals surface area contributed by atoms with Crippen LogP contribution in [0.5, 0.6) is 0 Å². The number of aryl methyl sites for hydroxylation is 3. The molecule has 3 rings (SSSR count). The highest BCUT2D eigenvalue weighted by atomic mass is 32.2. The van der Waals surface area contributed by atoms with Crippen molar-refractivity contribution < 1.29 is 8.42 Å². The topological polar surface area (TPSA) is 94.7 Å². The van der Waals surface area contributed by atoms with Crippen LogP contribution in [-0.2, 0) is 17.1 Å². The van der Waals surface area contributed by atoms with Crippen molar-refractivity contribution in [2.24, 2.45) is 7.05 Å². The van der Waals surface area contributed by atoms with E-state index in [4.69, 9.17) is 0 Å². The van der Waals surface area contributed by atoms with E-state index in [-0.39, 0.29) is 4.90 Å². The Kier molecular flexibility index (Phi) is 4.11. The molecule has 3 aromatic rings. The fourth-order valence-electron chi connectivity index (χ4n) is 2.67. The zero-order valence-corrected chi connectivity index (χ0v) is 15.6. The van der Waals surface area contributed by atoms with E-state index in [1.807, 2.05) is 19.9 Å². The molecule has 0 aliphatic carbocycles. The van der Waals surface area contributed by atoms with Gasteiger partial charge in [0.15, 0.2) is 5.82 Å². The zero-order chi connectivity index (χ0) is 18.4. The molecular formula is C16H20N6O2S. The van der Waals surface area contributed by atoms with Crippen LogP contribution in [0.15, 0.2) is 29.7 Å². The number of sulfonamides is 1. The number of hydrogen-bond acceptors (Lipinski definition) is 5. The molecule has 1 aromatic carbocycles. The summed E-state index contributed by atoms with van der Waals surface area (Å²) in [5.74, 6) is 0.426. The molecule has 1 N–H and O–H groups in total. The third-order valence-electron chi connectivity index (χ3n) is 4.27. The van der Waals surface area contributed by atoms with Gasteiger partial charge in [0, 0.05) is 7.05 Å². The highest BCUT2D eigenvalue weighted by Crippen LogP contribution is 2.28. The van der Waals surface area contributed by atoms with Crippen LogP contribution in [0.4, 0.5) is 5.69 Å². The SMILES string of the molecule is Cc1cc(C)c(C)c(S(=O)(=O)Nc2c(-n3cnnc3)nn(C)c2C)c1. The van der Waals surface area contributed by atoms with Gasteiger partial charge in [0.1, 0.15) is 18.3 Å². The molecule has 0 saturated heterocycles. The van der Waals surface area contributed by atoms with Crippen molar-refractivity contribution in [1.82, 2.24) is 24.5 Å². The molecule has 132 valence electrons. The van der Waals surface area contributed by atoms with Gasteiger partial charge in [-0.15, -0.1) is 10.2 Å². The lowest BCUT2D eigenvalue weighted by molar-refractivity contribution is 0.600. The summed E-state index contributed by atoms with van der Waals surface area (Å²) in [6.07, 6.45) is 2.95. The maximum Gasteiger partial charge on any atom is 0.262 e. The minimum atomic E-state index is -3.77. The molecule has 2 aromatic heterocycles. The highest BCUT2D eigenvalue weighted by molar-refractivity contribution is 7.92. The number of aromatic nitrogens is 5. The smallest absolute Gasteiger partial charge is 0.262 e. The quantitative estimate of drug-likeness (QED) is 0.768. The Bertz CT molecular complexity index is 1040. The lowest BCUT2D eigenvalue weighted by atomic mass is 10.1. The zero-order valence-electron chi connectivity index (χ0n) is 14.8. The Morgan fingerprint density at radius 1 is 1.04 bits per heavy atom. The second kappa shape index (κ2) is 5.99. The van der Waals surface area contributed by atoms with Crippen LogP contribution >= 0.6 is 0 Å². The first-order valence-electron chi connectivity index (χ1n) is 7.70. The number of nitrogens with zero attached hydrogens (tertiary/aromatic N) is 5. The summed E-state index contributed by atoms with van der Waals surface area (Å²) in [5, 5.41) is 11.9. The Morgan fingerprint density at radius 2 is 1.68 bits per heavy atom. The molecule has 0 amide bonds. The van der Waals surface area contributed by atoms with Gasteiger partial charge in [-0.3, -0.25) is 14.0 Å². The van der Waals surface area contributed by atoms with E-state index >= 15 is 0 Å². The van der Waals surface area contributed by atoms with E-state index in [1.54, 1.807) is 36.2 Å². The first-order valence-corrected chi connectivity index (χ1v) is 9.18. The maximum absolute atomic E-state index is 13.0. The van der Waals surface area contributed by atoms with Crippen molar-refractivity contribution in [3.8, 4) is 5.82 Å². The van der Waals surface area contributed by atoms with Crippen molar-refractivity contribution in [3.63, 3.8) is 0 Å². The predicted octanol–water partition coefficient (Wildman–Crippen LogP) is 2.04. The first kappa shape index (κ1) is 17.2. The van der Waals surface area contributed by atoms with Gasteiger partial charge in [-0.05, 0) is 50.5 Å². The molecule has 0 radical (unpaired) electrons. The lowest BCUT2D eigenvalue weighted by Crippen LogP contribution is -2.16. The van der Waals surface area contributed by atoms with Gasteiger partial charge in [0.05, 0.1) is 10.6 Å². The third-order valence-corrected chi connectivity index (χ3v) is 5.74. The van der Waals surface area contributed by atoms with Crippen molar-refractivity contribution in [1.29, 1.82) is 0 Å². The van der Waals surface area contributed by atoms with Gasteiger partial charge in [-0.2, -0.15) is 5.10 Å². The summed E-state index contributed by atoms with van der Waals surface area (Å²) in [4.78, 5) is 0.267. The van der Waals surface area contributed by atoms with Crippen molar-refractivity contribution in [2.75, 3.05) is 4.72 Å². The van der Waals surface area contributed by atoms with Crippen LogP contribution in [0.3, 0.4) is 0 Å². The van der Waals surface area contributed by atoms with Crippen molar-refractivity contribution in [2.45, 2.75) is 32.6 Å². The van der Waals surface area contributed by atoms with Gasteiger partial charge < -0.3 is 0 Å². The molecule has 2 heterocycles. The molecule has 0 aliphatic heterocycles. The molecule has 25 heavy (non-hydrogen) atoms. The fourth-order valence-corrected chi connectivity index (χ4v) is 4.19. The summed E-state index contributed by atoms with van der Waals surface area (Å²) in [7, 11) is -2.02. The van der Waals surface area contributed by atoms with E-state index < -0.39 is 10.0 Å². The monoisotopic (exact) mass is 360 g/mol. The Balaban J connectivity index is 2.12. The summed E-state index contributed by atoms with van der Waals surface area (Å²) in [5.41, 5.74) is 3.65. The average Bonchev–Trinajstić information content (AvgIpc) is 3.14. The summed E-state index contributed by atoms with van der Waals surface area (Å²) in [6, 6.07) is 3.64. The second-order valence-corrected chi connectivity index (χ2v) is 7.74. The first-order chi connectivity index (χ1) is 11.7. The molecule has 8 nitrogen and oxygen atoms in total. The molecule has 9 heteroatoms. The lowest BCUT2D eigenvalue weighted by Gasteiger charge is -2.14. The molecule has 0 bridgehead atoms. The Morgan fingerprint density at radius 3 is 2.32 bits per heavy atom. The molecule has 0 spiro atoms. The maximum atomic E-state index is 13.0. The third kappa shape index (κ3) is 3.02. The van der Waals surface area contributed by atoms with Crippen LogP contribution in [0.2, 0.25) is 0 Å². The van der Waals surface area contributed by atoms with Gasteiger partial charge in [0.25, 0.3) is 10.0 Å². The fraction of sp³-hybridized carbons (Fsp3) is 0.312. The van der Waals surface area contributed by atoms with E-state index in [0.717, 1.165) is 16.7 Å². The normalized spacial score (nSPS) is 11.7. The summed E-state index contributed by atoms with van der Waals surface area (Å²) >= 11 is 0. The van der Waals surface area contributed by atoms with Gasteiger partial charge in [-0.1, -0.05) is 6.07 Å². The summed E-state index contributed by atoms with van der Waals surface area (Å²) in [6.45, 7) is 7.38. The Hall–Kier alpha value is -2.68. The van der Waals surface area contributed by atoms with Gasteiger partial charge >= 0.3 is 0 Å². The minimum absolute atomic E-state index is 0.267. The van der Waals surface area contributed by atoms with Crippen LogP contribution in [0, 0.1) is 27.7 Å². The second-order valence-electron chi connectivity index (χ2n) is 6.09. The molecule has 0 unspecified atom stereocenters. The Labute approximate surface area is 146 Å². The van der Waals surface area contributed by atoms with Crippen molar-refractivity contribution >= 4 is 15.7 Å². The number of benzene rings is 1. The molecule has 0 fully saturated rings. The molecular weight excluding hydrogens is 340 g/mol. The van der Waals surface area contributed by atoms with E-state index in [2.05, 4.69) is 20.0 Å². The highest BCUT2D eigenvalue weighted by Gasteiger charge is 2.24. The van der Waals surface area contributed by atoms with Crippen LogP contribution in [-0.4, -0.2) is 33.0 Å². The van der Waals surface area contributed by atoms with E-state index in [9.17, 15) is 8.42 Å². The molecule has 0 atom stereocenters. The number of anilines is 1. The van der Waals surface area contributed by atoms with Crippen LogP contribution in [0.25, 0.3) is 5.82 Å². The molecule has 0 saturated carbocycles. The summed E-state index contributed by atoms with van der Waals surface area (Å²) < 4.78 is 31.9. The predicted molar refractivity (Wildman–Crippen MR) is 94.3 cm³/mol. The van der Waals surface area contributed by atoms with Crippen molar-refractivity contribution in [3.05, 3.63) is 47.2 Å². The minimum Gasteiger partial charge on any atom is -0.274 e. The van der Waals surface area contributed by atoms with E-state index in [1.165, 1.54) is 12.7 Å². The molecule has 0 aliphatic rings. The number of rotatable bonds is 4. The number of nitrogens with one attached hydrogen (secondary N) is 1. The van der Waals surface area contributed by atoms with Gasteiger partial charge in [0.2, 0.25) is 0 Å². The average molecular weight is 360 g/mol. The van der Waals surface area contributed by atoms with Crippen LogP contribution in [0.1, 0.15) is 22.4 Å².